The molecule has 5 rings (SSSR count). The molecule has 0 radical (unpaired) electrons. The second kappa shape index (κ2) is 11.1. The van der Waals surface area contributed by atoms with Gasteiger partial charge in [0.15, 0.2) is 0 Å². The Bertz CT molecular complexity index is 1290. The van der Waals surface area contributed by atoms with E-state index in [0.29, 0.717) is 37.9 Å². The van der Waals surface area contributed by atoms with Crippen LogP contribution in [0.5, 0.6) is 0 Å². The molecule has 38 heavy (non-hydrogen) atoms. The third-order valence-corrected chi connectivity index (χ3v) is 8.50. The highest BCUT2D eigenvalue weighted by molar-refractivity contribution is 7.10. The number of likely N-dealkylation sites (tertiary alicyclic amines) is 1. The van der Waals surface area contributed by atoms with Crippen LogP contribution in [0.2, 0.25) is 0 Å². The maximum atomic E-state index is 14.0. The number of piperidine rings is 1. The Hall–Kier alpha value is -3.49. The summed E-state index contributed by atoms with van der Waals surface area (Å²) >= 11 is 1.57. The molecule has 2 fully saturated rings. The van der Waals surface area contributed by atoms with E-state index in [0.717, 1.165) is 16.0 Å². The molecule has 1 spiro atoms. The van der Waals surface area contributed by atoms with Gasteiger partial charge in [0.1, 0.15) is 11.8 Å². The Morgan fingerprint density at radius 1 is 1.03 bits per heavy atom. The summed E-state index contributed by atoms with van der Waals surface area (Å²) in [6.45, 7) is 4.89. The molecule has 198 valence electrons. The molecule has 8 heteroatoms. The van der Waals surface area contributed by atoms with E-state index in [4.69, 9.17) is 4.74 Å². The summed E-state index contributed by atoms with van der Waals surface area (Å²) in [5.74, 6) is -0.383. The molecule has 0 aliphatic carbocycles. The van der Waals surface area contributed by atoms with Crippen LogP contribution in [0.3, 0.4) is 0 Å². The smallest absolute Gasteiger partial charge is 0.257 e. The van der Waals surface area contributed by atoms with E-state index in [-0.39, 0.29) is 30.4 Å². The number of aryl methyl sites for hydroxylation is 1. The van der Waals surface area contributed by atoms with E-state index in [1.165, 1.54) is 0 Å². The van der Waals surface area contributed by atoms with Crippen molar-refractivity contribution < 1.29 is 19.1 Å². The molecular formula is C30H33N3O4S. The molecule has 2 aromatic carbocycles. The van der Waals surface area contributed by atoms with Gasteiger partial charge in [-0.3, -0.25) is 19.3 Å². The number of carbonyl (C=O) groups is 3. The first-order chi connectivity index (χ1) is 18.4. The molecule has 2 aliphatic rings. The number of hydrogen-bond donors (Lipinski definition) is 1. The van der Waals surface area contributed by atoms with Gasteiger partial charge in [0.25, 0.3) is 5.91 Å². The number of amides is 3. The minimum absolute atomic E-state index is 0.0723. The highest BCUT2D eigenvalue weighted by Gasteiger charge is 2.54. The lowest BCUT2D eigenvalue weighted by Crippen LogP contribution is -2.60. The Balaban J connectivity index is 1.37. The van der Waals surface area contributed by atoms with Crippen molar-refractivity contribution in [3.63, 3.8) is 0 Å². The third-order valence-electron chi connectivity index (χ3n) is 7.62. The maximum absolute atomic E-state index is 14.0. The van der Waals surface area contributed by atoms with Crippen LogP contribution < -0.4 is 5.32 Å². The largest absolute Gasteiger partial charge is 0.353 e. The lowest BCUT2D eigenvalue weighted by Gasteiger charge is -2.44. The van der Waals surface area contributed by atoms with Gasteiger partial charge >= 0.3 is 0 Å². The van der Waals surface area contributed by atoms with Gasteiger partial charge in [0.2, 0.25) is 11.8 Å². The SMILES string of the molecule is Cc1ccccc1C(=O)N1C(C(=O)NC(C)c2ccccc2)COC12CCN(C(=O)Cc1cccs1)CC2. The van der Waals surface area contributed by atoms with Crippen molar-refractivity contribution >= 4 is 29.1 Å². The Kier molecular flexibility index (Phi) is 7.63. The summed E-state index contributed by atoms with van der Waals surface area (Å²) in [5.41, 5.74) is 1.46. The Morgan fingerprint density at radius 3 is 2.42 bits per heavy atom. The van der Waals surface area contributed by atoms with Crippen molar-refractivity contribution in [2.24, 2.45) is 0 Å². The zero-order valence-electron chi connectivity index (χ0n) is 21.8. The first kappa shape index (κ1) is 26.1. The minimum atomic E-state index is -0.933. The van der Waals surface area contributed by atoms with Gasteiger partial charge in [-0.15, -0.1) is 11.3 Å². The van der Waals surface area contributed by atoms with Gasteiger partial charge in [0, 0.05) is 36.4 Å². The van der Waals surface area contributed by atoms with Gasteiger partial charge in [-0.2, -0.15) is 0 Å². The molecule has 3 heterocycles. The Morgan fingerprint density at radius 2 is 1.74 bits per heavy atom. The van der Waals surface area contributed by atoms with Crippen molar-refractivity contribution in [1.82, 2.24) is 15.1 Å². The quantitative estimate of drug-likeness (QED) is 0.514. The molecule has 0 bridgehead atoms. The molecule has 1 N–H and O–H groups in total. The lowest BCUT2D eigenvalue weighted by molar-refractivity contribution is -0.143. The fourth-order valence-corrected chi connectivity index (χ4v) is 6.12. The average molecular weight is 532 g/mol. The standard InChI is InChI=1S/C30H33N3O4S/c1-21-9-6-7-13-25(21)29(36)33-26(28(35)31-22(2)23-10-4-3-5-11-23)20-37-30(33)14-16-32(17-15-30)27(34)19-24-12-8-18-38-24/h3-13,18,22,26H,14-17,19-20H2,1-2H3,(H,31,35). The summed E-state index contributed by atoms with van der Waals surface area (Å²) in [4.78, 5) is 45.1. The fraction of sp³-hybridized carbons (Fsp3) is 0.367. The van der Waals surface area contributed by atoms with E-state index in [9.17, 15) is 14.4 Å². The summed E-state index contributed by atoms with van der Waals surface area (Å²) in [7, 11) is 0. The molecule has 3 amide bonds. The van der Waals surface area contributed by atoms with Crippen molar-refractivity contribution in [3.05, 3.63) is 93.7 Å². The number of carbonyl (C=O) groups excluding carboxylic acids is 3. The second-order valence-electron chi connectivity index (χ2n) is 10.0. The van der Waals surface area contributed by atoms with Crippen LogP contribution in [0.15, 0.2) is 72.1 Å². The number of thiophene rings is 1. The monoisotopic (exact) mass is 531 g/mol. The number of hydrogen-bond acceptors (Lipinski definition) is 5. The summed E-state index contributed by atoms with van der Waals surface area (Å²) in [6, 6.07) is 20.1. The molecule has 1 aromatic heterocycles. The Labute approximate surface area is 227 Å². The molecule has 7 nitrogen and oxygen atoms in total. The molecule has 0 saturated carbocycles. The van der Waals surface area contributed by atoms with Crippen LogP contribution in [0.1, 0.15) is 52.2 Å². The van der Waals surface area contributed by atoms with Gasteiger partial charge in [-0.1, -0.05) is 54.6 Å². The van der Waals surface area contributed by atoms with E-state index in [1.54, 1.807) is 22.3 Å². The molecule has 2 aliphatic heterocycles. The number of benzene rings is 2. The number of ether oxygens (including phenoxy) is 1. The summed E-state index contributed by atoms with van der Waals surface area (Å²) in [5, 5.41) is 5.06. The molecule has 2 saturated heterocycles. The molecule has 3 aromatic rings. The van der Waals surface area contributed by atoms with Crippen molar-refractivity contribution in [2.75, 3.05) is 19.7 Å². The molecular weight excluding hydrogens is 498 g/mol. The zero-order chi connectivity index (χ0) is 26.7. The molecule has 2 unspecified atom stereocenters. The van der Waals surface area contributed by atoms with Gasteiger partial charge in [-0.25, -0.2) is 0 Å². The third kappa shape index (κ3) is 5.24. The highest BCUT2D eigenvalue weighted by Crippen LogP contribution is 2.39. The van der Waals surface area contributed by atoms with Crippen molar-refractivity contribution in [2.45, 2.75) is 50.9 Å². The molecule has 2 atom stereocenters. The number of nitrogens with zero attached hydrogens (tertiary/aromatic N) is 2. The van der Waals surface area contributed by atoms with Gasteiger partial charge in [-0.05, 0) is 42.5 Å². The van der Waals surface area contributed by atoms with Crippen LogP contribution in [-0.2, 0) is 20.7 Å². The predicted octanol–water partition coefficient (Wildman–Crippen LogP) is 4.34. The fourth-order valence-electron chi connectivity index (χ4n) is 5.42. The summed E-state index contributed by atoms with van der Waals surface area (Å²) < 4.78 is 6.34. The van der Waals surface area contributed by atoms with Gasteiger partial charge < -0.3 is 15.0 Å². The first-order valence-electron chi connectivity index (χ1n) is 13.1. The minimum Gasteiger partial charge on any atom is -0.353 e. The zero-order valence-corrected chi connectivity index (χ0v) is 22.6. The topological polar surface area (TPSA) is 79.0 Å². The number of nitrogens with one attached hydrogen (secondary N) is 1. The lowest BCUT2D eigenvalue weighted by atomic mass is 9.95. The average Bonchev–Trinajstić information content (AvgIpc) is 3.57. The van der Waals surface area contributed by atoms with Crippen molar-refractivity contribution in [3.8, 4) is 0 Å². The van der Waals surface area contributed by atoms with E-state index >= 15 is 0 Å². The van der Waals surface area contributed by atoms with Crippen molar-refractivity contribution in [1.29, 1.82) is 0 Å². The maximum Gasteiger partial charge on any atom is 0.257 e. The number of rotatable bonds is 6. The predicted molar refractivity (Wildman–Crippen MR) is 147 cm³/mol. The summed E-state index contributed by atoms with van der Waals surface area (Å²) in [6.07, 6.45) is 1.29. The van der Waals surface area contributed by atoms with Gasteiger partial charge in [0.05, 0.1) is 19.1 Å². The first-order valence-corrected chi connectivity index (χ1v) is 13.9. The van der Waals surface area contributed by atoms with Crippen LogP contribution >= 0.6 is 11.3 Å². The highest BCUT2D eigenvalue weighted by atomic mass is 32.1. The van der Waals surface area contributed by atoms with Crippen LogP contribution in [-0.4, -0.2) is 59.0 Å². The van der Waals surface area contributed by atoms with E-state index < -0.39 is 11.8 Å². The normalized spacial score (nSPS) is 19.4. The van der Waals surface area contributed by atoms with E-state index in [2.05, 4.69) is 5.32 Å². The van der Waals surface area contributed by atoms with Crippen LogP contribution in [0, 0.1) is 6.92 Å². The van der Waals surface area contributed by atoms with Crippen LogP contribution in [0.4, 0.5) is 0 Å². The second-order valence-corrected chi connectivity index (χ2v) is 11.1. The van der Waals surface area contributed by atoms with Crippen LogP contribution in [0.25, 0.3) is 0 Å². The van der Waals surface area contributed by atoms with E-state index in [1.807, 2.05) is 84.8 Å².